The fourth-order valence-corrected chi connectivity index (χ4v) is 3.42. The molecular formula is C19H25N3O2. The first-order valence-electron chi connectivity index (χ1n) is 8.81. The molecule has 2 aliphatic rings. The molecule has 0 spiro atoms. The van der Waals surface area contributed by atoms with E-state index in [0.717, 1.165) is 37.9 Å². The Hall–Kier alpha value is -2.30. The number of allylic oxidation sites excluding steroid dienone is 1. The average molecular weight is 327 g/mol. The van der Waals surface area contributed by atoms with Crippen molar-refractivity contribution in [3.05, 3.63) is 41.5 Å². The molecule has 0 unspecified atom stereocenters. The number of rotatable bonds is 5. The SMILES string of the molecule is O=C(CN1CCc2ccccc21)NC(=O)NCCC1=CCCCC1. The van der Waals surface area contributed by atoms with Gasteiger partial charge in [0.15, 0.2) is 0 Å². The minimum atomic E-state index is -0.399. The van der Waals surface area contributed by atoms with Gasteiger partial charge in [0.25, 0.3) is 0 Å². The van der Waals surface area contributed by atoms with E-state index >= 15 is 0 Å². The first-order chi connectivity index (χ1) is 11.7. The zero-order valence-corrected chi connectivity index (χ0v) is 14.0. The number of urea groups is 1. The Morgan fingerprint density at radius 1 is 1.12 bits per heavy atom. The molecule has 0 atom stereocenters. The van der Waals surface area contributed by atoms with Gasteiger partial charge in [0, 0.05) is 18.8 Å². The normalized spacial score (nSPS) is 16.3. The summed E-state index contributed by atoms with van der Waals surface area (Å²) in [7, 11) is 0. The first kappa shape index (κ1) is 16.6. The third kappa shape index (κ3) is 4.37. The number of para-hydroxylation sites is 1. The number of nitrogens with zero attached hydrogens (tertiary/aromatic N) is 1. The van der Waals surface area contributed by atoms with Crippen LogP contribution < -0.4 is 15.5 Å². The third-order valence-electron chi connectivity index (χ3n) is 4.69. The van der Waals surface area contributed by atoms with E-state index in [1.165, 1.54) is 24.0 Å². The van der Waals surface area contributed by atoms with Gasteiger partial charge in [-0.25, -0.2) is 4.79 Å². The van der Waals surface area contributed by atoms with Crippen LogP contribution in [-0.2, 0) is 11.2 Å². The molecule has 0 radical (unpaired) electrons. The number of fused-ring (bicyclic) bond motifs is 1. The molecule has 1 heterocycles. The highest BCUT2D eigenvalue weighted by Gasteiger charge is 2.21. The standard InChI is InChI=1S/C19H25N3O2/c23-18(14-22-13-11-16-8-4-5-9-17(16)22)21-19(24)20-12-10-15-6-2-1-3-7-15/h4-6,8-9H,1-3,7,10-14H2,(H2,20,21,23,24). The molecule has 1 aliphatic carbocycles. The summed E-state index contributed by atoms with van der Waals surface area (Å²) in [4.78, 5) is 25.9. The summed E-state index contributed by atoms with van der Waals surface area (Å²) < 4.78 is 0. The van der Waals surface area contributed by atoms with Crippen LogP contribution in [0.25, 0.3) is 0 Å². The van der Waals surface area contributed by atoms with Crippen LogP contribution in [0.15, 0.2) is 35.9 Å². The van der Waals surface area contributed by atoms with Crippen LogP contribution in [0.1, 0.15) is 37.7 Å². The maximum atomic E-state index is 12.1. The van der Waals surface area contributed by atoms with Gasteiger partial charge in [-0.3, -0.25) is 10.1 Å². The Bertz CT molecular complexity index is 639. The molecule has 1 aromatic rings. The van der Waals surface area contributed by atoms with Crippen LogP contribution in [0, 0.1) is 0 Å². The summed E-state index contributed by atoms with van der Waals surface area (Å²) in [6, 6.07) is 7.69. The van der Waals surface area contributed by atoms with Gasteiger partial charge in [-0.05, 0) is 50.2 Å². The van der Waals surface area contributed by atoms with Crippen molar-refractivity contribution >= 4 is 17.6 Å². The molecule has 0 bridgehead atoms. The number of hydrogen-bond acceptors (Lipinski definition) is 3. The van der Waals surface area contributed by atoms with E-state index in [4.69, 9.17) is 0 Å². The molecule has 2 N–H and O–H groups in total. The maximum Gasteiger partial charge on any atom is 0.321 e. The van der Waals surface area contributed by atoms with Crippen LogP contribution in [-0.4, -0.2) is 31.6 Å². The predicted octanol–water partition coefficient (Wildman–Crippen LogP) is 2.77. The second kappa shape index (κ2) is 7.99. The van der Waals surface area contributed by atoms with Gasteiger partial charge in [-0.1, -0.05) is 29.8 Å². The van der Waals surface area contributed by atoms with Crippen molar-refractivity contribution in [2.24, 2.45) is 0 Å². The van der Waals surface area contributed by atoms with Crippen molar-refractivity contribution in [3.8, 4) is 0 Å². The number of benzene rings is 1. The summed E-state index contributed by atoms with van der Waals surface area (Å²) >= 11 is 0. The molecule has 0 fully saturated rings. The van der Waals surface area contributed by atoms with Gasteiger partial charge < -0.3 is 10.2 Å². The summed E-state index contributed by atoms with van der Waals surface area (Å²) in [5, 5.41) is 5.20. The van der Waals surface area contributed by atoms with E-state index in [2.05, 4.69) is 22.8 Å². The van der Waals surface area contributed by atoms with E-state index in [9.17, 15) is 9.59 Å². The molecule has 1 aromatic carbocycles. The number of carbonyl (C=O) groups excluding carboxylic acids is 2. The number of amides is 3. The van der Waals surface area contributed by atoms with Crippen molar-refractivity contribution in [2.45, 2.75) is 38.5 Å². The van der Waals surface area contributed by atoms with Gasteiger partial charge in [-0.2, -0.15) is 0 Å². The molecule has 0 saturated carbocycles. The lowest BCUT2D eigenvalue weighted by Gasteiger charge is -2.18. The van der Waals surface area contributed by atoms with Crippen LogP contribution in [0.2, 0.25) is 0 Å². The largest absolute Gasteiger partial charge is 0.362 e. The van der Waals surface area contributed by atoms with Crippen molar-refractivity contribution in [1.29, 1.82) is 0 Å². The van der Waals surface area contributed by atoms with Crippen molar-refractivity contribution in [2.75, 3.05) is 24.5 Å². The molecule has 24 heavy (non-hydrogen) atoms. The van der Waals surface area contributed by atoms with Crippen molar-refractivity contribution < 1.29 is 9.59 Å². The van der Waals surface area contributed by atoms with Gasteiger partial charge >= 0.3 is 6.03 Å². The molecule has 1 aliphatic heterocycles. The molecule has 5 nitrogen and oxygen atoms in total. The van der Waals surface area contributed by atoms with Crippen molar-refractivity contribution in [1.82, 2.24) is 10.6 Å². The molecule has 0 aromatic heterocycles. The topological polar surface area (TPSA) is 61.4 Å². The highest BCUT2D eigenvalue weighted by Crippen LogP contribution is 2.26. The monoisotopic (exact) mass is 327 g/mol. The second-order valence-electron chi connectivity index (χ2n) is 6.46. The quantitative estimate of drug-likeness (QED) is 0.818. The van der Waals surface area contributed by atoms with Crippen LogP contribution in [0.4, 0.5) is 10.5 Å². The Balaban J connectivity index is 1.39. The molecular weight excluding hydrogens is 302 g/mol. The Morgan fingerprint density at radius 2 is 2.00 bits per heavy atom. The number of imide groups is 1. The van der Waals surface area contributed by atoms with E-state index in [0.29, 0.717) is 6.54 Å². The molecule has 3 rings (SSSR count). The van der Waals surface area contributed by atoms with E-state index in [1.807, 2.05) is 23.1 Å². The molecule has 3 amide bonds. The van der Waals surface area contributed by atoms with Crippen molar-refractivity contribution in [3.63, 3.8) is 0 Å². The number of hydrogen-bond donors (Lipinski definition) is 2. The summed E-state index contributed by atoms with van der Waals surface area (Å²) in [6.07, 6.45) is 8.90. The number of carbonyl (C=O) groups is 2. The van der Waals surface area contributed by atoms with Crippen LogP contribution >= 0.6 is 0 Å². The fourth-order valence-electron chi connectivity index (χ4n) is 3.42. The fraction of sp³-hybridized carbons (Fsp3) is 0.474. The first-order valence-corrected chi connectivity index (χ1v) is 8.81. The Morgan fingerprint density at radius 3 is 2.83 bits per heavy atom. The van der Waals surface area contributed by atoms with E-state index in [-0.39, 0.29) is 12.5 Å². The van der Waals surface area contributed by atoms with Crippen LogP contribution in [0.3, 0.4) is 0 Å². The summed E-state index contributed by atoms with van der Waals surface area (Å²) in [6.45, 7) is 1.62. The lowest BCUT2D eigenvalue weighted by molar-refractivity contribution is -0.118. The minimum Gasteiger partial charge on any atom is -0.362 e. The van der Waals surface area contributed by atoms with Gasteiger partial charge in [0.1, 0.15) is 0 Å². The lowest BCUT2D eigenvalue weighted by atomic mass is 9.97. The molecule has 0 saturated heterocycles. The summed E-state index contributed by atoms with van der Waals surface area (Å²) in [5.41, 5.74) is 3.77. The third-order valence-corrected chi connectivity index (χ3v) is 4.69. The smallest absolute Gasteiger partial charge is 0.321 e. The zero-order valence-electron chi connectivity index (χ0n) is 14.0. The minimum absolute atomic E-state index is 0.218. The van der Waals surface area contributed by atoms with Gasteiger partial charge in [0.05, 0.1) is 6.54 Å². The average Bonchev–Trinajstić information content (AvgIpc) is 2.99. The summed E-state index contributed by atoms with van der Waals surface area (Å²) in [5.74, 6) is -0.263. The Kier molecular flexibility index (Phi) is 5.51. The maximum absolute atomic E-state index is 12.1. The van der Waals surface area contributed by atoms with Crippen LogP contribution in [0.5, 0.6) is 0 Å². The van der Waals surface area contributed by atoms with E-state index < -0.39 is 6.03 Å². The Labute approximate surface area is 143 Å². The number of nitrogens with one attached hydrogen (secondary N) is 2. The highest BCUT2D eigenvalue weighted by atomic mass is 16.2. The predicted molar refractivity (Wildman–Crippen MR) is 95.1 cm³/mol. The molecule has 128 valence electrons. The number of anilines is 1. The molecule has 5 heteroatoms. The second-order valence-corrected chi connectivity index (χ2v) is 6.46. The van der Waals surface area contributed by atoms with E-state index in [1.54, 1.807) is 0 Å². The van der Waals surface area contributed by atoms with Gasteiger partial charge in [0.2, 0.25) is 5.91 Å². The highest BCUT2D eigenvalue weighted by molar-refractivity contribution is 5.96. The lowest BCUT2D eigenvalue weighted by Crippen LogP contribution is -2.44. The van der Waals surface area contributed by atoms with Gasteiger partial charge in [-0.15, -0.1) is 0 Å². The zero-order chi connectivity index (χ0) is 16.8.